The number of hydrogen-bond acceptors (Lipinski definition) is 2. The Morgan fingerprint density at radius 2 is 1.82 bits per heavy atom. The lowest BCUT2D eigenvalue weighted by molar-refractivity contribution is 0.103. The first-order valence-electron chi connectivity index (χ1n) is 4.74. The first kappa shape index (κ1) is 11.9. The van der Waals surface area contributed by atoms with Crippen LogP contribution in [0.25, 0.3) is 0 Å². The van der Waals surface area contributed by atoms with Gasteiger partial charge in [-0.05, 0) is 36.1 Å². The van der Waals surface area contributed by atoms with E-state index in [2.05, 4.69) is 0 Å². The maximum absolute atomic E-state index is 13.4. The topological polar surface area (TPSA) is 17.1 Å². The van der Waals surface area contributed by atoms with E-state index in [1.807, 2.05) is 0 Å². The van der Waals surface area contributed by atoms with Crippen LogP contribution in [0.5, 0.6) is 0 Å². The molecule has 17 heavy (non-hydrogen) atoms. The van der Waals surface area contributed by atoms with Gasteiger partial charge in [-0.25, -0.2) is 13.2 Å². The summed E-state index contributed by atoms with van der Waals surface area (Å²) >= 11 is 1.14. The van der Waals surface area contributed by atoms with Crippen molar-refractivity contribution < 1.29 is 18.0 Å². The molecule has 0 amide bonds. The molecule has 88 valence electrons. The highest BCUT2D eigenvalue weighted by Crippen LogP contribution is 2.23. The average molecular weight is 256 g/mol. The number of benzene rings is 1. The van der Waals surface area contributed by atoms with Gasteiger partial charge in [0.1, 0.15) is 0 Å². The molecule has 0 radical (unpaired) electrons. The van der Waals surface area contributed by atoms with Crippen molar-refractivity contribution in [3.63, 3.8) is 0 Å². The Morgan fingerprint density at radius 1 is 1.12 bits per heavy atom. The lowest BCUT2D eigenvalue weighted by atomic mass is 10.1. The van der Waals surface area contributed by atoms with E-state index in [4.69, 9.17) is 0 Å². The van der Waals surface area contributed by atoms with Gasteiger partial charge in [-0.2, -0.15) is 0 Å². The minimum absolute atomic E-state index is 0.329. The van der Waals surface area contributed by atoms with Gasteiger partial charge in [-0.1, -0.05) is 0 Å². The zero-order chi connectivity index (χ0) is 12.6. The number of carbonyl (C=O) groups excluding carboxylic acids is 1. The van der Waals surface area contributed by atoms with Gasteiger partial charge in [-0.3, -0.25) is 4.79 Å². The summed E-state index contributed by atoms with van der Waals surface area (Å²) in [5.41, 5.74) is 0.235. The van der Waals surface area contributed by atoms with Crippen molar-refractivity contribution in [2.24, 2.45) is 0 Å². The van der Waals surface area contributed by atoms with Gasteiger partial charge in [0.25, 0.3) is 0 Å². The van der Waals surface area contributed by atoms with Crippen molar-refractivity contribution in [1.29, 1.82) is 0 Å². The molecule has 0 atom stereocenters. The highest BCUT2D eigenvalue weighted by atomic mass is 32.1. The van der Waals surface area contributed by atoms with Gasteiger partial charge in [-0.15, -0.1) is 11.3 Å². The Labute approximate surface area is 99.5 Å². The zero-order valence-corrected chi connectivity index (χ0v) is 9.58. The Balaban J connectivity index is 2.53. The molecule has 1 heterocycles. The highest BCUT2D eigenvalue weighted by molar-refractivity contribution is 7.12. The maximum atomic E-state index is 13.4. The number of thiophene rings is 1. The predicted molar refractivity (Wildman–Crippen MR) is 58.8 cm³/mol. The van der Waals surface area contributed by atoms with Gasteiger partial charge < -0.3 is 0 Å². The highest BCUT2D eigenvalue weighted by Gasteiger charge is 2.21. The normalized spacial score (nSPS) is 10.6. The third kappa shape index (κ3) is 1.98. The van der Waals surface area contributed by atoms with Crippen molar-refractivity contribution in [1.82, 2.24) is 0 Å². The molecule has 0 bridgehead atoms. The van der Waals surface area contributed by atoms with Crippen LogP contribution in [0.2, 0.25) is 0 Å². The van der Waals surface area contributed by atoms with Crippen molar-refractivity contribution in [2.45, 2.75) is 6.92 Å². The molecule has 0 aliphatic carbocycles. The Morgan fingerprint density at radius 3 is 2.41 bits per heavy atom. The summed E-state index contributed by atoms with van der Waals surface area (Å²) in [4.78, 5) is 12.2. The van der Waals surface area contributed by atoms with Crippen molar-refractivity contribution in [3.05, 3.63) is 57.0 Å². The largest absolute Gasteiger partial charge is 0.288 e. The summed E-state index contributed by atoms with van der Waals surface area (Å²) in [6.45, 7) is 1.70. The van der Waals surface area contributed by atoms with Crippen LogP contribution in [0.15, 0.2) is 23.6 Å². The van der Waals surface area contributed by atoms with Gasteiger partial charge in [0, 0.05) is 0 Å². The van der Waals surface area contributed by atoms with Crippen molar-refractivity contribution >= 4 is 17.1 Å². The molecule has 1 aromatic heterocycles. The predicted octanol–water partition coefficient (Wildman–Crippen LogP) is 3.70. The van der Waals surface area contributed by atoms with Crippen LogP contribution in [0.3, 0.4) is 0 Å². The van der Waals surface area contributed by atoms with E-state index in [1.165, 1.54) is 0 Å². The minimum atomic E-state index is -1.62. The van der Waals surface area contributed by atoms with E-state index in [9.17, 15) is 18.0 Å². The summed E-state index contributed by atoms with van der Waals surface area (Å²) in [7, 11) is 0. The summed E-state index contributed by atoms with van der Waals surface area (Å²) in [5.74, 6) is -5.00. The molecule has 0 aliphatic rings. The van der Waals surface area contributed by atoms with E-state index >= 15 is 0 Å². The molecule has 0 saturated carbocycles. The number of halogens is 3. The fourth-order valence-electron chi connectivity index (χ4n) is 1.43. The maximum Gasteiger partial charge on any atom is 0.206 e. The van der Waals surface area contributed by atoms with E-state index < -0.39 is 28.8 Å². The molecule has 2 rings (SSSR count). The Hall–Kier alpha value is -1.62. The average Bonchev–Trinajstić information content (AvgIpc) is 2.72. The second-order valence-electron chi connectivity index (χ2n) is 3.48. The van der Waals surface area contributed by atoms with Gasteiger partial charge >= 0.3 is 0 Å². The van der Waals surface area contributed by atoms with Crippen LogP contribution in [0.1, 0.15) is 20.8 Å². The molecular weight excluding hydrogens is 249 g/mol. The SMILES string of the molecule is Cc1ccsc1C(=O)c1ccc(F)c(F)c1F. The van der Waals surface area contributed by atoms with Gasteiger partial charge in [0.2, 0.25) is 5.78 Å². The quantitative estimate of drug-likeness (QED) is 0.591. The number of rotatable bonds is 2. The number of carbonyl (C=O) groups is 1. The van der Waals surface area contributed by atoms with Crippen LogP contribution in [0, 0.1) is 24.4 Å². The third-order valence-corrected chi connectivity index (χ3v) is 3.36. The molecule has 2 aromatic rings. The van der Waals surface area contributed by atoms with Gasteiger partial charge in [0.15, 0.2) is 17.5 Å². The Bertz CT molecular complexity index is 589. The molecule has 1 nitrogen and oxygen atoms in total. The molecule has 0 spiro atoms. The molecule has 1 aromatic carbocycles. The van der Waals surface area contributed by atoms with Crippen molar-refractivity contribution in [3.8, 4) is 0 Å². The van der Waals surface area contributed by atoms with E-state index in [1.54, 1.807) is 18.4 Å². The first-order valence-corrected chi connectivity index (χ1v) is 5.62. The standard InChI is InChI=1S/C12H7F3OS/c1-6-4-5-17-12(6)11(16)7-2-3-8(13)10(15)9(7)14/h2-5H,1H3. The zero-order valence-electron chi connectivity index (χ0n) is 8.76. The number of aryl methyl sites for hydroxylation is 1. The molecule has 0 aliphatic heterocycles. The molecule has 0 saturated heterocycles. The summed E-state index contributed by atoms with van der Waals surface area (Å²) < 4.78 is 39.1. The van der Waals surface area contributed by atoms with E-state index in [0.717, 1.165) is 23.5 Å². The minimum Gasteiger partial charge on any atom is -0.288 e. The van der Waals surface area contributed by atoms with Crippen LogP contribution >= 0.6 is 11.3 Å². The summed E-state index contributed by atoms with van der Waals surface area (Å²) in [6.07, 6.45) is 0. The monoisotopic (exact) mass is 256 g/mol. The molecule has 0 N–H and O–H groups in total. The third-order valence-electron chi connectivity index (χ3n) is 2.35. The van der Waals surface area contributed by atoms with Gasteiger partial charge in [0.05, 0.1) is 10.4 Å². The number of hydrogen-bond donors (Lipinski definition) is 0. The van der Waals surface area contributed by atoms with E-state index in [0.29, 0.717) is 10.4 Å². The lowest BCUT2D eigenvalue weighted by Gasteiger charge is -2.03. The molecule has 5 heteroatoms. The van der Waals surface area contributed by atoms with Crippen LogP contribution in [0.4, 0.5) is 13.2 Å². The second kappa shape index (κ2) is 4.33. The summed E-state index contributed by atoms with van der Waals surface area (Å²) in [6, 6.07) is 3.40. The fourth-order valence-corrected chi connectivity index (χ4v) is 2.31. The van der Waals surface area contributed by atoms with Crippen molar-refractivity contribution in [2.75, 3.05) is 0 Å². The molecule has 0 unspecified atom stereocenters. The smallest absolute Gasteiger partial charge is 0.206 e. The first-order chi connectivity index (χ1) is 8.02. The van der Waals surface area contributed by atoms with Crippen LogP contribution in [-0.2, 0) is 0 Å². The van der Waals surface area contributed by atoms with Crippen LogP contribution in [-0.4, -0.2) is 5.78 Å². The second-order valence-corrected chi connectivity index (χ2v) is 4.40. The summed E-state index contributed by atoms with van der Waals surface area (Å²) in [5, 5.41) is 1.68. The fraction of sp³-hybridized carbons (Fsp3) is 0.0833. The molecule has 0 fully saturated rings. The molecular formula is C12H7F3OS. The van der Waals surface area contributed by atoms with Crippen LogP contribution < -0.4 is 0 Å². The Kier molecular flexibility index (Phi) is 3.02. The number of ketones is 1. The van der Waals surface area contributed by atoms with E-state index in [-0.39, 0.29) is 0 Å². The lowest BCUT2D eigenvalue weighted by Crippen LogP contribution is -2.06.